The number of carbonyl (C=O) groups is 1. The van der Waals surface area contributed by atoms with Crippen molar-refractivity contribution in [3.8, 4) is 0 Å². The van der Waals surface area contributed by atoms with E-state index in [-0.39, 0.29) is 29.4 Å². The summed E-state index contributed by atoms with van der Waals surface area (Å²) in [7, 11) is 0. The molecule has 2 aliphatic heterocycles. The van der Waals surface area contributed by atoms with E-state index in [1.54, 1.807) is 17.8 Å². The van der Waals surface area contributed by atoms with E-state index in [1.165, 1.54) is 0 Å². The van der Waals surface area contributed by atoms with Gasteiger partial charge >= 0.3 is 0 Å². The summed E-state index contributed by atoms with van der Waals surface area (Å²) in [6.45, 7) is 1.50. The lowest BCUT2D eigenvalue weighted by molar-refractivity contribution is -0.115. The predicted molar refractivity (Wildman–Crippen MR) is 83.2 cm³/mol. The van der Waals surface area contributed by atoms with Crippen LogP contribution in [0.1, 0.15) is 24.0 Å². The second kappa shape index (κ2) is 6.78. The topological polar surface area (TPSA) is 41.1 Å². The molecule has 1 aromatic carbocycles. The van der Waals surface area contributed by atoms with Crippen molar-refractivity contribution >= 4 is 35.8 Å². The van der Waals surface area contributed by atoms with Gasteiger partial charge in [-0.2, -0.15) is 0 Å². The fourth-order valence-corrected chi connectivity index (χ4v) is 3.79. The molecule has 1 atom stereocenters. The van der Waals surface area contributed by atoms with Crippen LogP contribution in [-0.4, -0.2) is 23.5 Å². The highest BCUT2D eigenvalue weighted by Gasteiger charge is 2.25. The van der Waals surface area contributed by atoms with Crippen LogP contribution in [0.5, 0.6) is 0 Å². The molecule has 0 saturated carbocycles. The molecule has 1 fully saturated rings. The molecule has 0 radical (unpaired) electrons. The third kappa shape index (κ3) is 3.10. The van der Waals surface area contributed by atoms with E-state index in [0.717, 1.165) is 36.3 Å². The van der Waals surface area contributed by atoms with Gasteiger partial charge in [0.25, 0.3) is 0 Å². The summed E-state index contributed by atoms with van der Waals surface area (Å²) in [5, 5.41) is 5.95. The average Bonchev–Trinajstić information content (AvgIpc) is 2.96. The molecule has 2 heterocycles. The van der Waals surface area contributed by atoms with E-state index in [0.29, 0.717) is 18.7 Å². The van der Waals surface area contributed by atoms with E-state index in [4.69, 9.17) is 0 Å². The van der Waals surface area contributed by atoms with Gasteiger partial charge in [0.15, 0.2) is 0 Å². The molecule has 2 N–H and O–H groups in total. The van der Waals surface area contributed by atoms with Crippen molar-refractivity contribution in [3.05, 3.63) is 29.1 Å². The van der Waals surface area contributed by atoms with E-state index in [2.05, 4.69) is 10.6 Å². The van der Waals surface area contributed by atoms with E-state index < -0.39 is 0 Å². The molecular weight excluding hydrogens is 299 g/mol. The van der Waals surface area contributed by atoms with Crippen molar-refractivity contribution < 1.29 is 9.18 Å². The molecule has 20 heavy (non-hydrogen) atoms. The lowest BCUT2D eigenvalue weighted by Crippen LogP contribution is -2.27. The smallest absolute Gasteiger partial charge is 0.237 e. The van der Waals surface area contributed by atoms with Crippen molar-refractivity contribution in [2.24, 2.45) is 0 Å². The van der Waals surface area contributed by atoms with Gasteiger partial charge in [0.2, 0.25) is 5.91 Å². The monoisotopic (exact) mass is 316 g/mol. The van der Waals surface area contributed by atoms with Crippen molar-refractivity contribution in [1.82, 2.24) is 5.32 Å². The fraction of sp³-hybridized carbons (Fsp3) is 0.500. The minimum absolute atomic E-state index is 0. The van der Waals surface area contributed by atoms with Gasteiger partial charge < -0.3 is 10.6 Å². The Morgan fingerprint density at radius 1 is 1.45 bits per heavy atom. The van der Waals surface area contributed by atoms with Crippen LogP contribution in [0.25, 0.3) is 0 Å². The molecule has 1 aromatic rings. The van der Waals surface area contributed by atoms with E-state index >= 15 is 0 Å². The molecule has 3 rings (SSSR count). The van der Waals surface area contributed by atoms with Gasteiger partial charge in [-0.15, -0.1) is 24.2 Å². The highest BCUT2D eigenvalue weighted by atomic mass is 35.5. The minimum atomic E-state index is -0.254. The van der Waals surface area contributed by atoms with E-state index in [1.807, 2.05) is 6.07 Å². The maximum absolute atomic E-state index is 14.4. The van der Waals surface area contributed by atoms with Gasteiger partial charge in [0.1, 0.15) is 5.82 Å². The average molecular weight is 317 g/mol. The molecule has 110 valence electrons. The maximum Gasteiger partial charge on any atom is 0.237 e. The normalized spacial score (nSPS) is 20.9. The fourth-order valence-electron chi connectivity index (χ4n) is 2.63. The molecule has 2 aliphatic rings. The van der Waals surface area contributed by atoms with Gasteiger partial charge in [-0.05, 0) is 48.8 Å². The number of hydrogen-bond donors (Lipinski definition) is 2. The highest BCUT2D eigenvalue weighted by Crippen LogP contribution is 2.29. The highest BCUT2D eigenvalue weighted by molar-refractivity contribution is 8.00. The van der Waals surface area contributed by atoms with Crippen LogP contribution in [0.3, 0.4) is 0 Å². The largest absolute Gasteiger partial charge is 0.323 e. The molecule has 0 aromatic heterocycles. The number of rotatable bonds is 2. The SMILES string of the molecule is Cl.O=C(Nc1ccc2c(c1F)CCNC2)C1CCCS1. The molecule has 0 aliphatic carbocycles. The minimum Gasteiger partial charge on any atom is -0.323 e. The lowest BCUT2D eigenvalue weighted by Gasteiger charge is -2.20. The van der Waals surface area contributed by atoms with Gasteiger partial charge in [0.05, 0.1) is 10.9 Å². The number of hydrogen-bond acceptors (Lipinski definition) is 3. The molecule has 0 spiro atoms. The lowest BCUT2D eigenvalue weighted by atomic mass is 9.99. The Bertz CT molecular complexity index is 506. The Morgan fingerprint density at radius 2 is 2.30 bits per heavy atom. The standard InChI is InChI=1S/C14H17FN2OS.ClH/c15-13-10-5-6-16-8-9(10)3-4-11(13)17-14(18)12-2-1-7-19-12;/h3-4,12,16H,1-2,5-8H2,(H,17,18);1H. The number of carbonyl (C=O) groups excluding carboxylic acids is 1. The van der Waals surface area contributed by atoms with Crippen molar-refractivity contribution in [3.63, 3.8) is 0 Å². The Labute approximate surface area is 128 Å². The van der Waals surface area contributed by atoms with Crippen LogP contribution in [0.2, 0.25) is 0 Å². The third-order valence-electron chi connectivity index (χ3n) is 3.69. The third-order valence-corrected chi connectivity index (χ3v) is 5.06. The first-order valence-corrected chi connectivity index (χ1v) is 7.74. The van der Waals surface area contributed by atoms with Crippen LogP contribution in [0.15, 0.2) is 12.1 Å². The number of anilines is 1. The first-order chi connectivity index (χ1) is 9.25. The van der Waals surface area contributed by atoms with Gasteiger partial charge in [-0.3, -0.25) is 4.79 Å². The molecule has 1 unspecified atom stereocenters. The summed E-state index contributed by atoms with van der Waals surface area (Å²) in [5.74, 6) is 0.710. The zero-order valence-electron chi connectivity index (χ0n) is 11.1. The molecular formula is C14H18ClFN2OS. The van der Waals surface area contributed by atoms with Crippen molar-refractivity contribution in [2.75, 3.05) is 17.6 Å². The van der Waals surface area contributed by atoms with Gasteiger partial charge in [-0.25, -0.2) is 4.39 Å². The second-order valence-electron chi connectivity index (χ2n) is 4.98. The summed E-state index contributed by atoms with van der Waals surface area (Å²) in [4.78, 5) is 12.0. The van der Waals surface area contributed by atoms with Crippen LogP contribution < -0.4 is 10.6 Å². The van der Waals surface area contributed by atoms with Crippen LogP contribution in [0.4, 0.5) is 10.1 Å². The Hall–Kier alpha value is -0.780. The Morgan fingerprint density at radius 3 is 3.05 bits per heavy atom. The van der Waals surface area contributed by atoms with Crippen LogP contribution in [0, 0.1) is 5.82 Å². The second-order valence-corrected chi connectivity index (χ2v) is 6.29. The van der Waals surface area contributed by atoms with Crippen molar-refractivity contribution in [1.29, 1.82) is 0 Å². The van der Waals surface area contributed by atoms with Gasteiger partial charge in [-0.1, -0.05) is 6.07 Å². The predicted octanol–water partition coefficient (Wildman–Crippen LogP) is 2.73. The number of fused-ring (bicyclic) bond motifs is 1. The van der Waals surface area contributed by atoms with Gasteiger partial charge in [0, 0.05) is 6.54 Å². The number of thioether (sulfide) groups is 1. The molecule has 3 nitrogen and oxygen atoms in total. The first-order valence-electron chi connectivity index (χ1n) is 6.69. The summed E-state index contributed by atoms with van der Waals surface area (Å²) in [6.07, 6.45) is 2.65. The zero-order chi connectivity index (χ0) is 13.2. The van der Waals surface area contributed by atoms with Crippen LogP contribution >= 0.6 is 24.2 Å². The maximum atomic E-state index is 14.4. The Kier molecular flexibility index (Phi) is 5.29. The number of amides is 1. The Balaban J connectivity index is 0.00000147. The zero-order valence-corrected chi connectivity index (χ0v) is 12.7. The molecule has 6 heteroatoms. The number of halogens is 2. The summed E-state index contributed by atoms with van der Waals surface area (Å²) >= 11 is 1.66. The molecule has 1 amide bonds. The van der Waals surface area contributed by atoms with Crippen molar-refractivity contribution in [2.45, 2.75) is 31.1 Å². The van der Waals surface area contributed by atoms with E-state index in [9.17, 15) is 9.18 Å². The number of benzene rings is 1. The summed E-state index contributed by atoms with van der Waals surface area (Å²) in [5.41, 5.74) is 2.07. The first kappa shape index (κ1) is 15.6. The van der Waals surface area contributed by atoms with Crippen LogP contribution in [-0.2, 0) is 17.8 Å². The summed E-state index contributed by atoms with van der Waals surface area (Å²) in [6, 6.07) is 3.58. The summed E-state index contributed by atoms with van der Waals surface area (Å²) < 4.78 is 14.4. The molecule has 0 bridgehead atoms. The quantitative estimate of drug-likeness (QED) is 0.881. The number of nitrogens with one attached hydrogen (secondary N) is 2. The molecule has 1 saturated heterocycles.